The molecule has 1 N–H and O–H groups in total. The molecule has 6 nitrogen and oxygen atoms in total. The first-order valence-electron chi connectivity index (χ1n) is 5.34. The molecule has 0 amide bonds. The number of carboxylic acid groups (broad SMARTS) is 1. The number of rotatable bonds is 5. The predicted molar refractivity (Wildman–Crippen MR) is 64.7 cm³/mol. The highest BCUT2D eigenvalue weighted by atomic mass is 32.2. The Balaban J connectivity index is 2.00. The molecule has 8 heteroatoms. The van der Waals surface area contributed by atoms with E-state index in [-0.39, 0.29) is 22.9 Å². The highest BCUT2D eigenvalue weighted by Crippen LogP contribution is 2.11. The Morgan fingerprint density at radius 1 is 1.42 bits per heavy atom. The fraction of sp³-hybridized carbons (Fsp3) is 0.182. The van der Waals surface area contributed by atoms with Crippen molar-refractivity contribution < 1.29 is 18.5 Å². The van der Waals surface area contributed by atoms with Gasteiger partial charge in [-0.15, -0.1) is 5.10 Å². The maximum absolute atomic E-state index is 13.4. The highest BCUT2D eigenvalue weighted by molar-refractivity contribution is 7.85. The molecule has 0 fully saturated rings. The summed E-state index contributed by atoms with van der Waals surface area (Å²) < 4.78 is 26.5. The minimum Gasteiger partial charge on any atom is -0.476 e. The Kier molecular flexibility index (Phi) is 4.00. The van der Waals surface area contributed by atoms with Gasteiger partial charge in [0.2, 0.25) is 0 Å². The largest absolute Gasteiger partial charge is 0.476 e. The van der Waals surface area contributed by atoms with Crippen molar-refractivity contribution in [2.24, 2.45) is 0 Å². The number of hydrogen-bond acceptors (Lipinski definition) is 4. The van der Waals surface area contributed by atoms with Crippen LogP contribution in [-0.4, -0.2) is 36.0 Å². The number of halogens is 1. The van der Waals surface area contributed by atoms with E-state index in [4.69, 9.17) is 5.11 Å². The lowest BCUT2D eigenvalue weighted by atomic mass is 10.3. The summed E-state index contributed by atoms with van der Waals surface area (Å²) in [4.78, 5) is 10.7. The Hall–Kier alpha value is -2.09. The molecule has 2 rings (SSSR count). The van der Waals surface area contributed by atoms with Crippen LogP contribution in [0.3, 0.4) is 0 Å². The van der Waals surface area contributed by atoms with E-state index in [1.807, 2.05) is 0 Å². The zero-order valence-electron chi connectivity index (χ0n) is 9.69. The van der Waals surface area contributed by atoms with Crippen molar-refractivity contribution >= 4 is 16.8 Å². The fourth-order valence-electron chi connectivity index (χ4n) is 1.42. The number of benzene rings is 1. The second-order valence-electron chi connectivity index (χ2n) is 3.65. The maximum atomic E-state index is 13.4. The van der Waals surface area contributed by atoms with Gasteiger partial charge < -0.3 is 5.11 Å². The summed E-state index contributed by atoms with van der Waals surface area (Å²) in [5.74, 6) is -1.57. The van der Waals surface area contributed by atoms with Gasteiger partial charge in [0.25, 0.3) is 0 Å². The topological polar surface area (TPSA) is 85.1 Å². The third-order valence-corrected chi connectivity index (χ3v) is 3.72. The molecular weight excluding hydrogens is 273 g/mol. The molecular formula is C11H10FN3O3S. The second-order valence-corrected chi connectivity index (χ2v) is 5.19. The molecule has 100 valence electrons. The number of carbonyl (C=O) groups is 1. The summed E-state index contributed by atoms with van der Waals surface area (Å²) in [5, 5.41) is 15.7. The summed E-state index contributed by atoms with van der Waals surface area (Å²) in [6.07, 6.45) is 1.24. The van der Waals surface area contributed by atoms with Gasteiger partial charge in [-0.2, -0.15) is 0 Å². The van der Waals surface area contributed by atoms with Crippen LogP contribution in [0.15, 0.2) is 35.4 Å². The molecule has 0 spiro atoms. The number of aromatic nitrogens is 3. The number of aromatic carboxylic acids is 1. The molecule has 0 aliphatic carbocycles. The second kappa shape index (κ2) is 5.70. The molecule has 0 saturated heterocycles. The monoisotopic (exact) mass is 283 g/mol. The molecule has 1 atom stereocenters. The van der Waals surface area contributed by atoms with Crippen molar-refractivity contribution in [3.05, 3.63) is 42.0 Å². The quantitative estimate of drug-likeness (QED) is 0.882. The van der Waals surface area contributed by atoms with Crippen LogP contribution >= 0.6 is 0 Å². The van der Waals surface area contributed by atoms with Gasteiger partial charge in [-0.1, -0.05) is 17.3 Å². The first-order valence-corrected chi connectivity index (χ1v) is 6.66. The average Bonchev–Trinajstić information content (AvgIpc) is 2.85. The minimum absolute atomic E-state index is 0.126. The summed E-state index contributed by atoms with van der Waals surface area (Å²) in [7, 11) is -1.51. The predicted octanol–water partition coefficient (Wildman–Crippen LogP) is 0.923. The van der Waals surface area contributed by atoms with Crippen LogP contribution in [0.1, 0.15) is 10.5 Å². The number of nitrogens with zero attached hydrogens (tertiary/aromatic N) is 3. The normalized spacial score (nSPS) is 12.3. The van der Waals surface area contributed by atoms with E-state index in [0.717, 1.165) is 0 Å². The van der Waals surface area contributed by atoms with Crippen LogP contribution in [0, 0.1) is 5.82 Å². The van der Waals surface area contributed by atoms with Crippen molar-refractivity contribution in [1.82, 2.24) is 15.0 Å². The zero-order chi connectivity index (χ0) is 13.8. The minimum atomic E-state index is -1.51. The molecule has 0 radical (unpaired) electrons. The zero-order valence-corrected chi connectivity index (χ0v) is 10.5. The lowest BCUT2D eigenvalue weighted by Crippen LogP contribution is -2.09. The molecule has 1 aromatic heterocycles. The Morgan fingerprint density at radius 2 is 2.16 bits per heavy atom. The first kappa shape index (κ1) is 13.3. The summed E-state index contributed by atoms with van der Waals surface area (Å²) in [5.41, 5.74) is -0.184. The lowest BCUT2D eigenvalue weighted by Gasteiger charge is -2.03. The molecule has 1 heterocycles. The van der Waals surface area contributed by atoms with Gasteiger partial charge in [-0.25, -0.2) is 9.18 Å². The third kappa shape index (κ3) is 3.22. The van der Waals surface area contributed by atoms with Crippen molar-refractivity contribution in [3.63, 3.8) is 0 Å². The van der Waals surface area contributed by atoms with E-state index in [1.54, 1.807) is 6.07 Å². The van der Waals surface area contributed by atoms with Gasteiger partial charge in [0.1, 0.15) is 5.82 Å². The highest BCUT2D eigenvalue weighted by Gasteiger charge is 2.11. The lowest BCUT2D eigenvalue weighted by molar-refractivity contribution is 0.0690. The van der Waals surface area contributed by atoms with E-state index in [2.05, 4.69) is 10.3 Å². The van der Waals surface area contributed by atoms with Gasteiger partial charge >= 0.3 is 5.97 Å². The van der Waals surface area contributed by atoms with Crippen LogP contribution in [0.4, 0.5) is 4.39 Å². The van der Waals surface area contributed by atoms with Gasteiger partial charge in [0, 0.05) is 5.75 Å². The van der Waals surface area contributed by atoms with Crippen molar-refractivity contribution in [1.29, 1.82) is 0 Å². The van der Waals surface area contributed by atoms with Crippen LogP contribution < -0.4 is 0 Å². The Bertz CT molecular complexity index is 629. The van der Waals surface area contributed by atoms with E-state index < -0.39 is 22.6 Å². The molecule has 0 aliphatic rings. The SMILES string of the molecule is O=C(O)c1cn(CCS(=O)c2ccccc2F)nn1. The molecule has 0 bridgehead atoms. The summed E-state index contributed by atoms with van der Waals surface area (Å²) >= 11 is 0. The molecule has 0 saturated carbocycles. The van der Waals surface area contributed by atoms with Gasteiger partial charge in [-0.3, -0.25) is 8.89 Å². The molecule has 1 unspecified atom stereocenters. The fourth-order valence-corrected chi connectivity index (χ4v) is 2.51. The van der Waals surface area contributed by atoms with Gasteiger partial charge in [0.05, 0.1) is 28.4 Å². The molecule has 0 aliphatic heterocycles. The molecule has 1 aromatic carbocycles. The summed E-state index contributed by atoms with van der Waals surface area (Å²) in [6, 6.07) is 5.82. The number of carboxylic acids is 1. The number of hydrogen-bond donors (Lipinski definition) is 1. The molecule has 19 heavy (non-hydrogen) atoms. The van der Waals surface area contributed by atoms with Crippen molar-refractivity contribution in [3.8, 4) is 0 Å². The Labute approximate surface area is 110 Å². The standard InChI is InChI=1S/C11H10FN3O3S/c12-8-3-1-2-4-10(8)19(18)6-5-15-7-9(11(16)17)13-14-15/h1-4,7H,5-6H2,(H,16,17). The number of aryl methyl sites for hydroxylation is 1. The van der Waals surface area contributed by atoms with E-state index >= 15 is 0 Å². The van der Waals surface area contributed by atoms with Gasteiger partial charge in [-0.05, 0) is 12.1 Å². The van der Waals surface area contributed by atoms with Crippen LogP contribution in [0.5, 0.6) is 0 Å². The molecule has 2 aromatic rings. The van der Waals surface area contributed by atoms with E-state index in [1.165, 1.54) is 29.1 Å². The van der Waals surface area contributed by atoms with E-state index in [0.29, 0.717) is 0 Å². The van der Waals surface area contributed by atoms with Crippen LogP contribution in [0.2, 0.25) is 0 Å². The summed E-state index contributed by atoms with van der Waals surface area (Å²) in [6.45, 7) is 0.196. The van der Waals surface area contributed by atoms with Crippen molar-refractivity contribution in [2.45, 2.75) is 11.4 Å². The average molecular weight is 283 g/mol. The Morgan fingerprint density at radius 3 is 2.79 bits per heavy atom. The third-order valence-electron chi connectivity index (χ3n) is 2.35. The van der Waals surface area contributed by atoms with Crippen LogP contribution in [0.25, 0.3) is 0 Å². The first-order chi connectivity index (χ1) is 9.08. The maximum Gasteiger partial charge on any atom is 0.358 e. The van der Waals surface area contributed by atoms with Gasteiger partial charge in [0.15, 0.2) is 5.69 Å². The van der Waals surface area contributed by atoms with Crippen molar-refractivity contribution in [2.75, 3.05) is 5.75 Å². The van der Waals surface area contributed by atoms with E-state index in [9.17, 15) is 13.4 Å². The van der Waals surface area contributed by atoms with Crippen LogP contribution in [-0.2, 0) is 17.3 Å². The smallest absolute Gasteiger partial charge is 0.358 e.